The van der Waals surface area contributed by atoms with Crippen LogP contribution in [0.2, 0.25) is 0 Å². The van der Waals surface area contributed by atoms with Gasteiger partial charge in [0.15, 0.2) is 0 Å². The van der Waals surface area contributed by atoms with Crippen LogP contribution in [0.25, 0.3) is 0 Å². The summed E-state index contributed by atoms with van der Waals surface area (Å²) in [4.78, 5) is 2.13. The number of likely N-dealkylation sites (tertiary alicyclic amines) is 1. The molecule has 0 spiro atoms. The minimum atomic E-state index is -4.00. The second-order valence-corrected chi connectivity index (χ2v) is 5.30. The van der Waals surface area contributed by atoms with Gasteiger partial charge in [-0.05, 0) is 39.3 Å². The summed E-state index contributed by atoms with van der Waals surface area (Å²) in [7, 11) is 0. The Balaban J connectivity index is 2.13. The molecular formula is C13H25F3N2. The SMILES string of the molecule is CCCC(C)NCCN1CCC(C(F)(F)F)CC1. The number of hydrogen-bond donors (Lipinski definition) is 1. The summed E-state index contributed by atoms with van der Waals surface area (Å²) < 4.78 is 37.4. The van der Waals surface area contributed by atoms with E-state index in [0.29, 0.717) is 19.1 Å². The van der Waals surface area contributed by atoms with Crippen molar-refractivity contribution in [3.8, 4) is 0 Å². The molecule has 1 rings (SSSR count). The standard InChI is InChI=1S/C13H25F3N2/c1-3-4-11(2)17-7-10-18-8-5-12(6-9-18)13(14,15)16/h11-12,17H,3-10H2,1-2H3. The van der Waals surface area contributed by atoms with Crippen molar-refractivity contribution in [3.63, 3.8) is 0 Å². The van der Waals surface area contributed by atoms with Crippen molar-refractivity contribution < 1.29 is 13.2 Å². The topological polar surface area (TPSA) is 15.3 Å². The number of nitrogens with one attached hydrogen (secondary N) is 1. The van der Waals surface area contributed by atoms with Crippen LogP contribution in [0.1, 0.15) is 39.5 Å². The Bertz CT molecular complexity index is 223. The number of nitrogens with zero attached hydrogens (tertiary/aromatic N) is 1. The van der Waals surface area contributed by atoms with Crippen LogP contribution >= 0.6 is 0 Å². The molecule has 0 amide bonds. The minimum absolute atomic E-state index is 0.258. The number of piperidine rings is 1. The van der Waals surface area contributed by atoms with Gasteiger partial charge in [0, 0.05) is 19.1 Å². The van der Waals surface area contributed by atoms with Gasteiger partial charge in [-0.2, -0.15) is 13.2 Å². The maximum Gasteiger partial charge on any atom is 0.391 e. The van der Waals surface area contributed by atoms with Crippen molar-refractivity contribution in [1.82, 2.24) is 10.2 Å². The average molecular weight is 266 g/mol. The van der Waals surface area contributed by atoms with Gasteiger partial charge in [0.2, 0.25) is 0 Å². The highest BCUT2D eigenvalue weighted by molar-refractivity contribution is 4.77. The van der Waals surface area contributed by atoms with E-state index in [2.05, 4.69) is 24.1 Å². The zero-order chi connectivity index (χ0) is 13.6. The van der Waals surface area contributed by atoms with Gasteiger partial charge >= 0.3 is 6.18 Å². The van der Waals surface area contributed by atoms with E-state index in [4.69, 9.17) is 0 Å². The molecule has 108 valence electrons. The van der Waals surface area contributed by atoms with Gasteiger partial charge in [-0.25, -0.2) is 0 Å². The molecule has 1 atom stereocenters. The van der Waals surface area contributed by atoms with Crippen LogP contribution in [0.4, 0.5) is 13.2 Å². The van der Waals surface area contributed by atoms with Crippen molar-refractivity contribution in [3.05, 3.63) is 0 Å². The lowest BCUT2D eigenvalue weighted by Crippen LogP contribution is -2.42. The smallest absolute Gasteiger partial charge is 0.313 e. The molecule has 18 heavy (non-hydrogen) atoms. The molecule has 1 aliphatic rings. The van der Waals surface area contributed by atoms with Crippen LogP contribution < -0.4 is 5.32 Å². The first-order valence-electron chi connectivity index (χ1n) is 6.96. The highest BCUT2D eigenvalue weighted by atomic mass is 19.4. The van der Waals surface area contributed by atoms with Crippen molar-refractivity contribution in [2.45, 2.75) is 51.7 Å². The number of hydrogen-bond acceptors (Lipinski definition) is 2. The molecule has 0 bridgehead atoms. The minimum Gasteiger partial charge on any atom is -0.313 e. The van der Waals surface area contributed by atoms with E-state index in [1.165, 1.54) is 0 Å². The normalized spacial score (nSPS) is 21.2. The third kappa shape index (κ3) is 5.57. The average Bonchev–Trinajstić information content (AvgIpc) is 2.29. The fraction of sp³-hybridized carbons (Fsp3) is 1.00. The summed E-state index contributed by atoms with van der Waals surface area (Å²) in [5.74, 6) is -1.08. The van der Waals surface area contributed by atoms with Gasteiger partial charge in [0.25, 0.3) is 0 Å². The fourth-order valence-electron chi connectivity index (χ4n) is 2.49. The van der Waals surface area contributed by atoms with Crippen molar-refractivity contribution in [2.24, 2.45) is 5.92 Å². The largest absolute Gasteiger partial charge is 0.391 e. The van der Waals surface area contributed by atoms with Gasteiger partial charge in [-0.1, -0.05) is 13.3 Å². The molecular weight excluding hydrogens is 241 g/mol. The van der Waals surface area contributed by atoms with Gasteiger partial charge in [-0.15, -0.1) is 0 Å². The molecule has 5 heteroatoms. The van der Waals surface area contributed by atoms with Crippen LogP contribution in [0.5, 0.6) is 0 Å². The Morgan fingerprint density at radius 3 is 2.39 bits per heavy atom. The molecule has 1 aliphatic heterocycles. The number of alkyl halides is 3. The van der Waals surface area contributed by atoms with Gasteiger partial charge in [0.1, 0.15) is 0 Å². The molecule has 0 saturated carbocycles. The number of halogens is 3. The van der Waals surface area contributed by atoms with Gasteiger partial charge in [0.05, 0.1) is 5.92 Å². The van der Waals surface area contributed by atoms with E-state index in [0.717, 1.165) is 25.9 Å². The van der Waals surface area contributed by atoms with Crippen LogP contribution in [0, 0.1) is 5.92 Å². The van der Waals surface area contributed by atoms with E-state index in [-0.39, 0.29) is 12.8 Å². The van der Waals surface area contributed by atoms with Crippen LogP contribution in [0.15, 0.2) is 0 Å². The van der Waals surface area contributed by atoms with E-state index < -0.39 is 12.1 Å². The molecule has 0 aromatic carbocycles. The first-order chi connectivity index (χ1) is 8.43. The molecule has 0 aliphatic carbocycles. The maximum atomic E-state index is 12.5. The monoisotopic (exact) mass is 266 g/mol. The second kappa shape index (κ2) is 7.34. The van der Waals surface area contributed by atoms with Crippen molar-refractivity contribution in [1.29, 1.82) is 0 Å². The molecule has 0 aromatic rings. The molecule has 1 saturated heterocycles. The lowest BCUT2D eigenvalue weighted by molar-refractivity contribution is -0.184. The van der Waals surface area contributed by atoms with Crippen LogP contribution in [-0.4, -0.2) is 43.3 Å². The molecule has 1 N–H and O–H groups in total. The molecule has 0 aromatic heterocycles. The zero-order valence-electron chi connectivity index (χ0n) is 11.4. The second-order valence-electron chi connectivity index (χ2n) is 5.30. The van der Waals surface area contributed by atoms with E-state index >= 15 is 0 Å². The van der Waals surface area contributed by atoms with Crippen molar-refractivity contribution >= 4 is 0 Å². The van der Waals surface area contributed by atoms with E-state index in [9.17, 15) is 13.2 Å². The fourth-order valence-corrected chi connectivity index (χ4v) is 2.49. The molecule has 1 fully saturated rings. The quantitative estimate of drug-likeness (QED) is 0.795. The highest BCUT2D eigenvalue weighted by Crippen LogP contribution is 2.33. The molecule has 1 heterocycles. The molecule has 2 nitrogen and oxygen atoms in total. The third-order valence-electron chi connectivity index (χ3n) is 3.69. The summed E-state index contributed by atoms with van der Waals surface area (Å²) in [6.07, 6.45) is -1.18. The van der Waals surface area contributed by atoms with E-state index in [1.54, 1.807) is 0 Å². The van der Waals surface area contributed by atoms with Gasteiger partial charge < -0.3 is 10.2 Å². The van der Waals surface area contributed by atoms with Crippen molar-refractivity contribution in [2.75, 3.05) is 26.2 Å². The summed E-state index contributed by atoms with van der Waals surface area (Å²) in [5.41, 5.74) is 0. The Morgan fingerprint density at radius 1 is 1.28 bits per heavy atom. The lowest BCUT2D eigenvalue weighted by atomic mass is 9.96. The predicted molar refractivity (Wildman–Crippen MR) is 67.6 cm³/mol. The Kier molecular flexibility index (Phi) is 6.43. The predicted octanol–water partition coefficient (Wildman–Crippen LogP) is 3.04. The summed E-state index contributed by atoms with van der Waals surface area (Å²) in [6.45, 7) is 7.19. The summed E-state index contributed by atoms with van der Waals surface area (Å²) in [6, 6.07) is 0.503. The molecule has 0 radical (unpaired) electrons. The Hall–Kier alpha value is -0.290. The number of rotatable bonds is 6. The highest BCUT2D eigenvalue weighted by Gasteiger charge is 2.40. The van der Waals surface area contributed by atoms with Crippen LogP contribution in [0.3, 0.4) is 0 Å². The van der Waals surface area contributed by atoms with Gasteiger partial charge in [-0.3, -0.25) is 0 Å². The molecule has 1 unspecified atom stereocenters. The maximum absolute atomic E-state index is 12.5. The Labute approximate surface area is 108 Å². The first-order valence-corrected chi connectivity index (χ1v) is 6.96. The third-order valence-corrected chi connectivity index (χ3v) is 3.69. The Morgan fingerprint density at radius 2 is 1.89 bits per heavy atom. The summed E-state index contributed by atoms with van der Waals surface area (Å²) in [5, 5.41) is 3.41. The zero-order valence-corrected chi connectivity index (χ0v) is 11.4. The first kappa shape index (κ1) is 15.8. The van der Waals surface area contributed by atoms with E-state index in [1.807, 2.05) is 0 Å². The summed E-state index contributed by atoms with van der Waals surface area (Å²) >= 11 is 0. The van der Waals surface area contributed by atoms with Crippen LogP contribution in [-0.2, 0) is 0 Å². The lowest BCUT2D eigenvalue weighted by Gasteiger charge is -2.33.